The molecular weight excluding hydrogens is 212 g/mol. The van der Waals surface area contributed by atoms with Crippen LogP contribution in [-0.2, 0) is 4.74 Å². The lowest BCUT2D eigenvalue weighted by Gasteiger charge is -2.47. The van der Waals surface area contributed by atoms with Crippen molar-refractivity contribution in [1.82, 2.24) is 10.2 Å². The zero-order valence-electron chi connectivity index (χ0n) is 12.5. The Morgan fingerprint density at radius 2 is 1.65 bits per heavy atom. The highest BCUT2D eigenvalue weighted by molar-refractivity contribution is 4.89. The first-order chi connectivity index (χ1) is 7.70. The molecule has 0 aromatic rings. The summed E-state index contributed by atoms with van der Waals surface area (Å²) in [4.78, 5) is 2.51. The summed E-state index contributed by atoms with van der Waals surface area (Å²) in [6.07, 6.45) is 0. The first kappa shape index (κ1) is 14.9. The van der Waals surface area contributed by atoms with E-state index < -0.39 is 0 Å². The third kappa shape index (κ3) is 5.84. The second-order valence-electron chi connectivity index (χ2n) is 6.93. The van der Waals surface area contributed by atoms with Crippen molar-refractivity contribution in [1.29, 1.82) is 0 Å². The molecular formula is C14H30N2O. The summed E-state index contributed by atoms with van der Waals surface area (Å²) in [7, 11) is 0. The average Bonchev–Trinajstić information content (AvgIpc) is 2.06. The zero-order valence-corrected chi connectivity index (χ0v) is 12.5. The van der Waals surface area contributed by atoms with Crippen LogP contribution in [0.1, 0.15) is 41.5 Å². The summed E-state index contributed by atoms with van der Waals surface area (Å²) in [5, 5.41) is 3.50. The van der Waals surface area contributed by atoms with Crippen molar-refractivity contribution in [3.05, 3.63) is 0 Å². The minimum atomic E-state index is -0.0280. The maximum absolute atomic E-state index is 6.07. The lowest BCUT2D eigenvalue weighted by atomic mass is 9.99. The molecule has 1 saturated heterocycles. The van der Waals surface area contributed by atoms with Crippen LogP contribution in [0.15, 0.2) is 0 Å². The molecule has 102 valence electrons. The number of ether oxygens (including phenoxy) is 1. The Morgan fingerprint density at radius 3 is 2.12 bits per heavy atom. The van der Waals surface area contributed by atoms with Crippen LogP contribution in [0.4, 0.5) is 0 Å². The molecule has 3 nitrogen and oxygen atoms in total. The van der Waals surface area contributed by atoms with Gasteiger partial charge in [-0.15, -0.1) is 0 Å². The van der Waals surface area contributed by atoms with Gasteiger partial charge < -0.3 is 10.1 Å². The molecule has 0 amide bonds. The van der Waals surface area contributed by atoms with E-state index in [9.17, 15) is 0 Å². The van der Waals surface area contributed by atoms with Crippen molar-refractivity contribution in [2.24, 2.45) is 5.92 Å². The molecule has 0 spiro atoms. The predicted molar refractivity (Wildman–Crippen MR) is 73.4 cm³/mol. The molecule has 0 aromatic heterocycles. The van der Waals surface area contributed by atoms with Crippen LogP contribution in [-0.4, -0.2) is 48.8 Å². The van der Waals surface area contributed by atoms with Crippen LogP contribution in [0.25, 0.3) is 0 Å². The lowest BCUT2D eigenvalue weighted by molar-refractivity contribution is -0.180. The van der Waals surface area contributed by atoms with Gasteiger partial charge in [-0.05, 0) is 40.2 Å². The molecule has 0 aliphatic carbocycles. The van der Waals surface area contributed by atoms with E-state index >= 15 is 0 Å². The van der Waals surface area contributed by atoms with Gasteiger partial charge in [0.2, 0.25) is 0 Å². The van der Waals surface area contributed by atoms with E-state index in [4.69, 9.17) is 4.74 Å². The molecule has 1 aliphatic rings. The lowest BCUT2D eigenvalue weighted by Crippen LogP contribution is -2.58. The highest BCUT2D eigenvalue weighted by atomic mass is 16.5. The van der Waals surface area contributed by atoms with Gasteiger partial charge >= 0.3 is 0 Å². The van der Waals surface area contributed by atoms with E-state index in [0.717, 1.165) is 38.6 Å². The molecule has 0 aromatic carbocycles. The van der Waals surface area contributed by atoms with Gasteiger partial charge in [0.15, 0.2) is 0 Å². The van der Waals surface area contributed by atoms with Crippen LogP contribution < -0.4 is 5.32 Å². The molecule has 1 heterocycles. The summed E-state index contributed by atoms with van der Waals surface area (Å²) in [5.41, 5.74) is -0.0560. The first-order valence-corrected chi connectivity index (χ1v) is 6.83. The highest BCUT2D eigenvalue weighted by Crippen LogP contribution is 2.27. The maximum Gasteiger partial charge on any atom is 0.0760 e. The van der Waals surface area contributed by atoms with E-state index in [0.29, 0.717) is 0 Å². The maximum atomic E-state index is 6.07. The molecule has 1 N–H and O–H groups in total. The molecule has 0 bridgehead atoms. The minimum Gasteiger partial charge on any atom is -0.367 e. The Bertz CT molecular complexity index is 220. The number of rotatable bonds is 5. The fourth-order valence-electron chi connectivity index (χ4n) is 2.73. The molecule has 1 aliphatic heterocycles. The van der Waals surface area contributed by atoms with Gasteiger partial charge in [-0.2, -0.15) is 0 Å². The summed E-state index contributed by atoms with van der Waals surface area (Å²) in [6, 6.07) is 0. The molecule has 1 fully saturated rings. The van der Waals surface area contributed by atoms with Gasteiger partial charge in [-0.25, -0.2) is 0 Å². The van der Waals surface area contributed by atoms with Crippen molar-refractivity contribution in [2.75, 3.05) is 32.7 Å². The van der Waals surface area contributed by atoms with E-state index in [1.54, 1.807) is 0 Å². The Kier molecular flexibility index (Phi) is 4.99. The fourth-order valence-corrected chi connectivity index (χ4v) is 2.73. The number of nitrogens with one attached hydrogen (secondary N) is 1. The highest BCUT2D eigenvalue weighted by Gasteiger charge is 2.37. The second kappa shape index (κ2) is 5.68. The largest absolute Gasteiger partial charge is 0.367 e. The van der Waals surface area contributed by atoms with Gasteiger partial charge in [0, 0.05) is 26.2 Å². The number of morpholine rings is 1. The smallest absolute Gasteiger partial charge is 0.0760 e. The van der Waals surface area contributed by atoms with Crippen LogP contribution in [0, 0.1) is 5.92 Å². The monoisotopic (exact) mass is 242 g/mol. The number of nitrogens with zero attached hydrogens (tertiary/aromatic N) is 1. The van der Waals surface area contributed by atoms with Crippen LogP contribution >= 0.6 is 0 Å². The standard InChI is InChI=1S/C14H30N2O/c1-12(2)9-15-7-8-16-10-13(3,4)17-14(5,6)11-16/h12,15H,7-11H2,1-6H3. The Labute approximate surface area is 107 Å². The molecule has 3 heteroatoms. The summed E-state index contributed by atoms with van der Waals surface area (Å²) >= 11 is 0. The number of hydrogen-bond donors (Lipinski definition) is 1. The van der Waals surface area contributed by atoms with E-state index in [1.807, 2.05) is 0 Å². The van der Waals surface area contributed by atoms with Crippen LogP contribution in [0.3, 0.4) is 0 Å². The quantitative estimate of drug-likeness (QED) is 0.747. The van der Waals surface area contributed by atoms with Crippen molar-refractivity contribution in [2.45, 2.75) is 52.7 Å². The van der Waals surface area contributed by atoms with Gasteiger partial charge in [-0.1, -0.05) is 13.8 Å². The van der Waals surface area contributed by atoms with Crippen molar-refractivity contribution in [3.8, 4) is 0 Å². The summed E-state index contributed by atoms with van der Waals surface area (Å²) in [5.74, 6) is 0.729. The summed E-state index contributed by atoms with van der Waals surface area (Å²) < 4.78 is 6.07. The van der Waals surface area contributed by atoms with Gasteiger partial charge in [0.25, 0.3) is 0 Å². The fraction of sp³-hybridized carbons (Fsp3) is 1.00. The van der Waals surface area contributed by atoms with Crippen molar-refractivity contribution < 1.29 is 4.74 Å². The predicted octanol–water partition coefficient (Wildman–Crippen LogP) is 2.12. The Morgan fingerprint density at radius 1 is 1.12 bits per heavy atom. The third-order valence-corrected chi connectivity index (χ3v) is 2.92. The van der Waals surface area contributed by atoms with E-state index in [1.165, 1.54) is 0 Å². The van der Waals surface area contributed by atoms with Crippen LogP contribution in [0.5, 0.6) is 0 Å². The summed E-state index contributed by atoms with van der Waals surface area (Å²) in [6.45, 7) is 18.6. The Hall–Kier alpha value is -0.120. The van der Waals surface area contributed by atoms with E-state index in [2.05, 4.69) is 51.8 Å². The number of hydrogen-bond acceptors (Lipinski definition) is 3. The molecule has 0 atom stereocenters. The average molecular weight is 242 g/mol. The molecule has 0 radical (unpaired) electrons. The molecule has 1 rings (SSSR count). The topological polar surface area (TPSA) is 24.5 Å². The van der Waals surface area contributed by atoms with Crippen LogP contribution in [0.2, 0.25) is 0 Å². The first-order valence-electron chi connectivity index (χ1n) is 6.83. The van der Waals surface area contributed by atoms with E-state index in [-0.39, 0.29) is 11.2 Å². The SMILES string of the molecule is CC(C)CNCCN1CC(C)(C)OC(C)(C)C1. The molecule has 17 heavy (non-hydrogen) atoms. The van der Waals surface area contributed by atoms with Gasteiger partial charge in [-0.3, -0.25) is 4.90 Å². The minimum absolute atomic E-state index is 0.0280. The van der Waals surface area contributed by atoms with Gasteiger partial charge in [0.1, 0.15) is 0 Å². The van der Waals surface area contributed by atoms with Crippen molar-refractivity contribution >= 4 is 0 Å². The normalized spacial score (nSPS) is 24.2. The molecule has 0 unspecified atom stereocenters. The second-order valence-corrected chi connectivity index (χ2v) is 6.93. The molecule has 0 saturated carbocycles. The van der Waals surface area contributed by atoms with Gasteiger partial charge in [0.05, 0.1) is 11.2 Å². The third-order valence-electron chi connectivity index (χ3n) is 2.92. The zero-order chi connectivity index (χ0) is 13.1. The Balaban J connectivity index is 2.33. The van der Waals surface area contributed by atoms with Crippen molar-refractivity contribution in [3.63, 3.8) is 0 Å².